The van der Waals surface area contributed by atoms with E-state index in [1.54, 1.807) is 11.3 Å². The molecule has 0 saturated heterocycles. The largest absolute Gasteiger partial charge is 0.299 e. The molecule has 0 N–H and O–H groups in total. The minimum Gasteiger partial charge on any atom is -0.299 e. The highest BCUT2D eigenvalue weighted by Gasteiger charge is 2.26. The van der Waals surface area contributed by atoms with Crippen LogP contribution in [0.2, 0.25) is 0 Å². The minimum atomic E-state index is 0.310. The lowest BCUT2D eigenvalue weighted by Gasteiger charge is -2.25. The van der Waals surface area contributed by atoms with Crippen LogP contribution in [0.1, 0.15) is 43.2 Å². The van der Waals surface area contributed by atoms with Gasteiger partial charge in [-0.3, -0.25) is 4.79 Å². The van der Waals surface area contributed by atoms with Crippen LogP contribution in [-0.4, -0.2) is 10.8 Å². The summed E-state index contributed by atoms with van der Waals surface area (Å²) in [7, 11) is 0. The fourth-order valence-corrected chi connectivity index (χ4v) is 3.28. The summed E-state index contributed by atoms with van der Waals surface area (Å²) < 4.78 is 0. The van der Waals surface area contributed by atoms with Crippen LogP contribution in [0.4, 0.5) is 0 Å². The number of carbonyl (C=O) groups excluding carboxylic acids is 1. The van der Waals surface area contributed by atoms with Crippen LogP contribution >= 0.6 is 11.3 Å². The van der Waals surface area contributed by atoms with Crippen molar-refractivity contribution in [3.05, 3.63) is 16.1 Å². The third-order valence-corrected chi connectivity index (χ3v) is 4.59. The fraction of sp³-hybridized carbons (Fsp3) is 0.692. The van der Waals surface area contributed by atoms with Crippen molar-refractivity contribution in [2.75, 3.05) is 0 Å². The van der Waals surface area contributed by atoms with Crippen LogP contribution in [0.3, 0.4) is 0 Å². The zero-order chi connectivity index (χ0) is 11.5. The summed E-state index contributed by atoms with van der Waals surface area (Å²) in [6.07, 6.45) is 5.03. The van der Waals surface area contributed by atoms with Crippen molar-refractivity contribution in [1.29, 1.82) is 0 Å². The molecule has 1 aliphatic carbocycles. The van der Waals surface area contributed by atoms with Gasteiger partial charge in [0.25, 0.3) is 0 Å². The molecule has 1 aromatic rings. The van der Waals surface area contributed by atoms with E-state index in [1.807, 2.05) is 5.51 Å². The van der Waals surface area contributed by atoms with E-state index in [-0.39, 0.29) is 0 Å². The molecule has 0 spiro atoms. The van der Waals surface area contributed by atoms with Crippen molar-refractivity contribution in [3.8, 4) is 0 Å². The van der Waals surface area contributed by atoms with Crippen LogP contribution in [0.5, 0.6) is 0 Å². The Morgan fingerprint density at radius 2 is 2.38 bits per heavy atom. The van der Waals surface area contributed by atoms with Crippen molar-refractivity contribution < 1.29 is 4.79 Å². The van der Waals surface area contributed by atoms with E-state index < -0.39 is 0 Å². The molecule has 2 atom stereocenters. The standard InChI is InChI=1S/C13H19NOS/c1-9-3-5-12(15)11(7-9)4-6-13-10(2)14-8-16-13/h8-9,11H,3-7H2,1-2H3. The van der Waals surface area contributed by atoms with Gasteiger partial charge in [-0.1, -0.05) is 6.92 Å². The molecule has 1 aliphatic rings. The summed E-state index contributed by atoms with van der Waals surface area (Å²) in [5, 5.41) is 0. The number of rotatable bonds is 3. The van der Waals surface area contributed by atoms with Crippen molar-refractivity contribution in [2.45, 2.75) is 46.0 Å². The number of thiazole rings is 1. The van der Waals surface area contributed by atoms with Crippen molar-refractivity contribution >= 4 is 17.1 Å². The maximum Gasteiger partial charge on any atom is 0.136 e. The number of Topliss-reactive ketones (excluding diaryl/α,β-unsaturated/α-hetero) is 1. The second kappa shape index (κ2) is 5.09. The van der Waals surface area contributed by atoms with E-state index in [9.17, 15) is 4.79 Å². The molecule has 1 heterocycles. The molecule has 0 aromatic carbocycles. The van der Waals surface area contributed by atoms with E-state index in [1.165, 1.54) is 4.88 Å². The SMILES string of the molecule is Cc1ncsc1CCC1CC(C)CCC1=O. The van der Waals surface area contributed by atoms with Gasteiger partial charge in [0.15, 0.2) is 0 Å². The number of nitrogens with zero attached hydrogens (tertiary/aromatic N) is 1. The molecular formula is C13H19NOS. The van der Waals surface area contributed by atoms with Gasteiger partial charge in [-0.05, 0) is 38.5 Å². The molecule has 2 rings (SSSR count). The monoisotopic (exact) mass is 237 g/mol. The highest BCUT2D eigenvalue weighted by Crippen LogP contribution is 2.29. The van der Waals surface area contributed by atoms with Crippen LogP contribution < -0.4 is 0 Å². The third kappa shape index (κ3) is 2.70. The van der Waals surface area contributed by atoms with Crippen LogP contribution in [0.25, 0.3) is 0 Å². The molecule has 0 aliphatic heterocycles. The van der Waals surface area contributed by atoms with Gasteiger partial charge >= 0.3 is 0 Å². The Bertz CT molecular complexity index is 372. The first-order valence-electron chi connectivity index (χ1n) is 6.08. The quantitative estimate of drug-likeness (QED) is 0.806. The van der Waals surface area contributed by atoms with Crippen molar-refractivity contribution in [1.82, 2.24) is 4.98 Å². The molecule has 0 bridgehead atoms. The van der Waals surface area contributed by atoms with Gasteiger partial charge in [0.2, 0.25) is 0 Å². The lowest BCUT2D eigenvalue weighted by atomic mass is 9.79. The Kier molecular flexibility index (Phi) is 3.74. The van der Waals surface area contributed by atoms with E-state index in [0.29, 0.717) is 11.7 Å². The van der Waals surface area contributed by atoms with Crippen LogP contribution in [0, 0.1) is 18.8 Å². The van der Waals surface area contributed by atoms with Gasteiger partial charge < -0.3 is 0 Å². The summed E-state index contributed by atoms with van der Waals surface area (Å²) in [5.41, 5.74) is 3.04. The molecule has 1 saturated carbocycles. The molecule has 0 amide bonds. The predicted molar refractivity (Wildman–Crippen MR) is 66.7 cm³/mol. The maximum atomic E-state index is 11.8. The molecule has 0 radical (unpaired) electrons. The minimum absolute atomic E-state index is 0.310. The molecule has 16 heavy (non-hydrogen) atoms. The number of carbonyl (C=O) groups is 1. The Balaban J connectivity index is 1.89. The first-order valence-corrected chi connectivity index (χ1v) is 6.96. The molecule has 1 fully saturated rings. The van der Waals surface area contributed by atoms with Gasteiger partial charge in [0, 0.05) is 17.2 Å². The number of aromatic nitrogens is 1. The summed E-state index contributed by atoms with van der Waals surface area (Å²) in [5.74, 6) is 1.52. The molecule has 1 aromatic heterocycles. The molecule has 3 heteroatoms. The van der Waals surface area contributed by atoms with Gasteiger partial charge in [0.1, 0.15) is 5.78 Å². The summed E-state index contributed by atoms with van der Waals surface area (Å²) >= 11 is 1.72. The second-order valence-corrected chi connectivity index (χ2v) is 5.88. The number of hydrogen-bond acceptors (Lipinski definition) is 3. The summed E-state index contributed by atoms with van der Waals surface area (Å²) in [4.78, 5) is 17.4. The van der Waals surface area contributed by atoms with Gasteiger partial charge in [-0.15, -0.1) is 11.3 Å². The van der Waals surface area contributed by atoms with Crippen molar-refractivity contribution in [2.24, 2.45) is 11.8 Å². The molecule has 88 valence electrons. The normalized spacial score (nSPS) is 26.0. The Morgan fingerprint density at radius 1 is 1.56 bits per heavy atom. The summed E-state index contributed by atoms with van der Waals surface area (Å²) in [6, 6.07) is 0. The zero-order valence-corrected chi connectivity index (χ0v) is 10.8. The van der Waals surface area contributed by atoms with Crippen molar-refractivity contribution in [3.63, 3.8) is 0 Å². The average Bonchev–Trinajstić information content (AvgIpc) is 2.66. The zero-order valence-electron chi connectivity index (χ0n) is 10.0. The van der Waals surface area contributed by atoms with E-state index >= 15 is 0 Å². The fourth-order valence-electron chi connectivity index (χ4n) is 2.48. The van der Waals surface area contributed by atoms with E-state index in [2.05, 4.69) is 18.8 Å². The lowest BCUT2D eigenvalue weighted by Crippen LogP contribution is -2.24. The van der Waals surface area contributed by atoms with Gasteiger partial charge in [-0.2, -0.15) is 0 Å². The Morgan fingerprint density at radius 3 is 3.06 bits per heavy atom. The topological polar surface area (TPSA) is 30.0 Å². The number of hydrogen-bond donors (Lipinski definition) is 0. The van der Waals surface area contributed by atoms with Gasteiger partial charge in [-0.25, -0.2) is 4.98 Å². The lowest BCUT2D eigenvalue weighted by molar-refractivity contribution is -0.125. The van der Waals surface area contributed by atoms with Gasteiger partial charge in [0.05, 0.1) is 11.2 Å². The number of ketones is 1. The van der Waals surface area contributed by atoms with Crippen LogP contribution in [0.15, 0.2) is 5.51 Å². The highest BCUT2D eigenvalue weighted by molar-refractivity contribution is 7.09. The van der Waals surface area contributed by atoms with E-state index in [0.717, 1.165) is 43.7 Å². The molecule has 2 nitrogen and oxygen atoms in total. The van der Waals surface area contributed by atoms with E-state index in [4.69, 9.17) is 0 Å². The Labute approximate surface area is 101 Å². The van der Waals surface area contributed by atoms with Crippen LogP contribution in [-0.2, 0) is 11.2 Å². The Hall–Kier alpha value is -0.700. The second-order valence-electron chi connectivity index (χ2n) is 4.94. The predicted octanol–water partition coefficient (Wildman–Crippen LogP) is 3.39. The molecule has 2 unspecified atom stereocenters. The third-order valence-electron chi connectivity index (χ3n) is 3.59. The average molecular weight is 237 g/mol. The highest BCUT2D eigenvalue weighted by atomic mass is 32.1. The summed E-state index contributed by atoms with van der Waals surface area (Å²) in [6.45, 7) is 4.31. The first kappa shape index (κ1) is 11.8. The first-order chi connectivity index (χ1) is 7.66. The maximum absolute atomic E-state index is 11.8. The number of aryl methyl sites for hydroxylation is 2. The molecular weight excluding hydrogens is 218 g/mol. The smallest absolute Gasteiger partial charge is 0.136 e.